The van der Waals surface area contributed by atoms with Crippen LogP contribution in [0, 0.1) is 11.3 Å². The van der Waals surface area contributed by atoms with E-state index in [0.29, 0.717) is 5.56 Å². The van der Waals surface area contributed by atoms with Gasteiger partial charge in [0.05, 0.1) is 4.90 Å². The molecule has 0 bridgehead atoms. The molecule has 0 amide bonds. The first kappa shape index (κ1) is 16.7. The van der Waals surface area contributed by atoms with Gasteiger partial charge in [-0.2, -0.15) is 5.26 Å². The van der Waals surface area contributed by atoms with Crippen LogP contribution in [0.4, 0.5) is 0 Å². The number of allylic oxidation sites excluding steroid dienone is 1. The van der Waals surface area contributed by atoms with Gasteiger partial charge in [0.25, 0.3) is 10.0 Å². The van der Waals surface area contributed by atoms with Crippen LogP contribution < -0.4 is 0 Å². The molecule has 0 aromatic heterocycles. The Labute approximate surface area is 145 Å². The maximum absolute atomic E-state index is 13.0. The third-order valence-electron chi connectivity index (χ3n) is 3.83. The molecule has 1 aliphatic rings. The van der Waals surface area contributed by atoms with Gasteiger partial charge in [-0.05, 0) is 12.1 Å². The summed E-state index contributed by atoms with van der Waals surface area (Å²) in [6, 6.07) is 16.4. The number of Topliss-reactive ketones (excluding diaryl/α,β-unsaturated/α-hetero) is 1. The number of fused-ring (bicyclic) bond motifs is 1. The Morgan fingerprint density at radius 3 is 2.44 bits per heavy atom. The molecule has 0 unspecified atom stereocenters. The summed E-state index contributed by atoms with van der Waals surface area (Å²) in [5.41, 5.74) is 0.493. The molecule has 0 spiro atoms. The minimum atomic E-state index is -3.89. The van der Waals surface area contributed by atoms with Gasteiger partial charge < -0.3 is 4.74 Å². The Morgan fingerprint density at radius 1 is 1.12 bits per heavy atom. The average molecular weight is 354 g/mol. The van der Waals surface area contributed by atoms with E-state index in [1.165, 1.54) is 13.1 Å². The van der Waals surface area contributed by atoms with Crippen molar-refractivity contribution in [1.82, 2.24) is 4.31 Å². The molecule has 126 valence electrons. The van der Waals surface area contributed by atoms with Crippen LogP contribution in [-0.4, -0.2) is 32.2 Å². The summed E-state index contributed by atoms with van der Waals surface area (Å²) >= 11 is 0. The second kappa shape index (κ2) is 6.42. The molecule has 0 radical (unpaired) electrons. The number of rotatable bonds is 4. The highest BCUT2D eigenvalue weighted by molar-refractivity contribution is 7.89. The van der Waals surface area contributed by atoms with Crippen molar-refractivity contribution < 1.29 is 17.9 Å². The molecule has 0 saturated carbocycles. The number of ether oxygens (including phenoxy) is 1. The standard InChI is InChI=1S/C18H14N2O4S/c1-20-16(17(21)13-7-3-2-4-8-13)18(24-12-11-19)14-9-5-6-10-15(14)25(20,22)23/h2-10H,12H2,1H3. The first-order valence-corrected chi connectivity index (χ1v) is 8.84. The van der Waals surface area contributed by atoms with Crippen LogP contribution >= 0.6 is 0 Å². The van der Waals surface area contributed by atoms with Gasteiger partial charge in [0.15, 0.2) is 12.4 Å². The quantitative estimate of drug-likeness (QED) is 0.787. The van der Waals surface area contributed by atoms with Gasteiger partial charge in [-0.3, -0.25) is 9.10 Å². The van der Waals surface area contributed by atoms with E-state index in [4.69, 9.17) is 10.00 Å². The van der Waals surface area contributed by atoms with Gasteiger partial charge >= 0.3 is 0 Å². The van der Waals surface area contributed by atoms with Crippen molar-refractivity contribution in [3.05, 3.63) is 71.4 Å². The number of carbonyl (C=O) groups is 1. The number of hydrogen-bond donors (Lipinski definition) is 0. The molecular weight excluding hydrogens is 340 g/mol. The van der Waals surface area contributed by atoms with Crippen molar-refractivity contribution in [2.24, 2.45) is 0 Å². The third kappa shape index (κ3) is 2.77. The van der Waals surface area contributed by atoms with Crippen LogP contribution in [-0.2, 0) is 14.8 Å². The summed E-state index contributed by atoms with van der Waals surface area (Å²) < 4.78 is 32.0. The predicted molar refractivity (Wildman–Crippen MR) is 90.6 cm³/mol. The number of benzene rings is 2. The zero-order chi connectivity index (χ0) is 18.0. The molecule has 7 heteroatoms. The number of sulfonamides is 1. The number of hydrogen-bond acceptors (Lipinski definition) is 5. The summed E-state index contributed by atoms with van der Waals surface area (Å²) in [5.74, 6) is -0.405. The lowest BCUT2D eigenvalue weighted by Gasteiger charge is -2.30. The Bertz CT molecular complexity index is 1000. The zero-order valence-electron chi connectivity index (χ0n) is 13.3. The fourth-order valence-corrected chi connectivity index (χ4v) is 4.03. The second-order valence-corrected chi connectivity index (χ2v) is 7.23. The summed E-state index contributed by atoms with van der Waals surface area (Å²) in [5, 5.41) is 8.84. The fraction of sp³-hybridized carbons (Fsp3) is 0.111. The van der Waals surface area contributed by atoms with E-state index in [-0.39, 0.29) is 28.5 Å². The SMILES string of the molecule is CN1C(C(=O)c2ccccc2)=C(OCC#N)c2ccccc2S1(=O)=O. The van der Waals surface area contributed by atoms with Gasteiger partial charge in [-0.1, -0.05) is 42.5 Å². The van der Waals surface area contributed by atoms with Crippen molar-refractivity contribution >= 4 is 21.6 Å². The number of likely N-dealkylation sites (N-methyl/N-ethyl adjacent to an activating group) is 1. The maximum Gasteiger partial charge on any atom is 0.265 e. The first-order chi connectivity index (χ1) is 12.0. The predicted octanol–water partition coefficient (Wildman–Crippen LogP) is 2.41. The number of ketones is 1. The van der Waals surface area contributed by atoms with E-state index in [2.05, 4.69) is 0 Å². The highest BCUT2D eigenvalue weighted by atomic mass is 32.2. The summed E-state index contributed by atoms with van der Waals surface area (Å²) in [7, 11) is -2.59. The molecule has 0 aliphatic carbocycles. The molecule has 0 saturated heterocycles. The number of nitrogens with zero attached hydrogens (tertiary/aromatic N) is 2. The van der Waals surface area contributed by atoms with E-state index in [1.807, 2.05) is 6.07 Å². The number of carbonyl (C=O) groups excluding carboxylic acids is 1. The van der Waals surface area contributed by atoms with Crippen molar-refractivity contribution in [2.75, 3.05) is 13.7 Å². The van der Waals surface area contributed by atoms with Gasteiger partial charge in [0.2, 0.25) is 5.78 Å². The van der Waals surface area contributed by atoms with Gasteiger partial charge in [-0.15, -0.1) is 0 Å². The Morgan fingerprint density at radius 2 is 1.76 bits per heavy atom. The van der Waals surface area contributed by atoms with Gasteiger partial charge in [0.1, 0.15) is 11.8 Å². The molecule has 0 N–H and O–H groups in total. The molecule has 6 nitrogen and oxygen atoms in total. The lowest BCUT2D eigenvalue weighted by atomic mass is 10.0. The molecule has 2 aromatic carbocycles. The van der Waals surface area contributed by atoms with Gasteiger partial charge in [-0.25, -0.2) is 8.42 Å². The summed E-state index contributed by atoms with van der Waals surface area (Å²) in [4.78, 5) is 13.0. The van der Waals surface area contributed by atoms with Crippen LogP contribution in [0.3, 0.4) is 0 Å². The lowest BCUT2D eigenvalue weighted by Crippen LogP contribution is -2.35. The van der Waals surface area contributed by atoms with Crippen LogP contribution in [0.15, 0.2) is 65.2 Å². The van der Waals surface area contributed by atoms with Crippen molar-refractivity contribution in [3.8, 4) is 6.07 Å². The Balaban J connectivity index is 2.28. The van der Waals surface area contributed by atoms with E-state index < -0.39 is 15.8 Å². The smallest absolute Gasteiger partial charge is 0.265 e. The van der Waals surface area contributed by atoms with Gasteiger partial charge in [0, 0.05) is 18.2 Å². The Kier molecular flexibility index (Phi) is 4.30. The van der Waals surface area contributed by atoms with Crippen LogP contribution in [0.1, 0.15) is 15.9 Å². The minimum Gasteiger partial charge on any atom is -0.476 e. The minimum absolute atomic E-state index is 0.0371. The molecule has 25 heavy (non-hydrogen) atoms. The summed E-state index contributed by atoms with van der Waals surface area (Å²) in [6.45, 7) is -0.302. The molecule has 1 heterocycles. The highest BCUT2D eigenvalue weighted by Crippen LogP contribution is 2.37. The molecule has 2 aromatic rings. The third-order valence-corrected chi connectivity index (χ3v) is 5.65. The molecular formula is C18H14N2O4S. The maximum atomic E-state index is 13.0. The lowest BCUT2D eigenvalue weighted by molar-refractivity contribution is 0.101. The Hall–Kier alpha value is -3.11. The molecule has 1 aliphatic heterocycles. The highest BCUT2D eigenvalue weighted by Gasteiger charge is 2.38. The summed E-state index contributed by atoms with van der Waals surface area (Å²) in [6.07, 6.45) is 0. The number of nitriles is 1. The van der Waals surface area contributed by atoms with Crippen LogP contribution in [0.2, 0.25) is 0 Å². The van der Waals surface area contributed by atoms with Crippen molar-refractivity contribution in [2.45, 2.75) is 4.90 Å². The normalized spacial score (nSPS) is 15.3. The second-order valence-electron chi connectivity index (χ2n) is 5.29. The van der Waals surface area contributed by atoms with E-state index in [1.54, 1.807) is 48.5 Å². The van der Waals surface area contributed by atoms with E-state index in [0.717, 1.165) is 4.31 Å². The van der Waals surface area contributed by atoms with E-state index in [9.17, 15) is 13.2 Å². The largest absolute Gasteiger partial charge is 0.476 e. The molecule has 0 atom stereocenters. The average Bonchev–Trinajstić information content (AvgIpc) is 2.64. The van der Waals surface area contributed by atoms with Crippen LogP contribution in [0.25, 0.3) is 5.76 Å². The van der Waals surface area contributed by atoms with Crippen molar-refractivity contribution in [3.63, 3.8) is 0 Å². The zero-order valence-corrected chi connectivity index (χ0v) is 14.2. The monoisotopic (exact) mass is 354 g/mol. The first-order valence-electron chi connectivity index (χ1n) is 7.40. The topological polar surface area (TPSA) is 87.5 Å². The van der Waals surface area contributed by atoms with Crippen molar-refractivity contribution in [1.29, 1.82) is 5.26 Å². The molecule has 0 fully saturated rings. The fourth-order valence-electron chi connectivity index (χ4n) is 2.64. The molecule has 3 rings (SSSR count). The van der Waals surface area contributed by atoms with E-state index >= 15 is 0 Å². The van der Waals surface area contributed by atoms with Crippen LogP contribution in [0.5, 0.6) is 0 Å².